The number of aliphatic hydroxyl groups is 6. The maximum atomic E-state index is 9.34. The Kier molecular flexibility index (Phi) is 58.5. The molecule has 0 aliphatic heterocycles. The molecule has 0 aliphatic carbocycles. The third-order valence-electron chi connectivity index (χ3n) is 2.05. The summed E-state index contributed by atoms with van der Waals surface area (Å²) in [5, 5.41) is 104. The van der Waals surface area contributed by atoms with E-state index in [4.69, 9.17) is 30.6 Å². The van der Waals surface area contributed by atoms with E-state index in [1.54, 1.807) is 0 Å². The minimum Gasteiger partial charge on any atom is -0.547 e. The molecule has 0 bridgehead atoms. The molecule has 0 aromatic rings. The largest absolute Gasteiger partial charge is 4.00 e. The van der Waals surface area contributed by atoms with Crippen molar-refractivity contribution < 1.29 is 116 Å². The molecule has 232 valence electrons. The molecule has 39 heavy (non-hydrogen) atoms. The quantitative estimate of drug-likeness (QED) is 0.131. The average molecular weight is 662 g/mol. The van der Waals surface area contributed by atoms with Crippen molar-refractivity contribution in [3.05, 3.63) is 0 Å². The van der Waals surface area contributed by atoms with E-state index in [2.05, 4.69) is 0 Å². The Labute approximate surface area is 242 Å². The number of rotatable bonds is 6. The predicted octanol–water partition coefficient (Wildman–Crippen LogP) is -10.5. The van der Waals surface area contributed by atoms with E-state index in [0.717, 1.165) is 41.5 Å². The molecule has 0 amide bonds. The zero-order valence-corrected chi connectivity index (χ0v) is 25.0. The van der Waals surface area contributed by atoms with Gasteiger partial charge in [0.15, 0.2) is 0 Å². The zero-order chi connectivity index (χ0) is 30.9. The molecule has 0 radical (unpaired) electrons. The van der Waals surface area contributed by atoms with E-state index in [1.165, 1.54) is 0 Å². The van der Waals surface area contributed by atoms with Crippen molar-refractivity contribution >= 4 is 35.8 Å². The van der Waals surface area contributed by atoms with Gasteiger partial charge in [0.05, 0.1) is 72.4 Å². The molecular weight excluding hydrogens is 623 g/mol. The Morgan fingerprint density at radius 1 is 0.359 bits per heavy atom. The van der Waals surface area contributed by atoms with E-state index in [9.17, 15) is 59.4 Å². The van der Waals surface area contributed by atoms with Crippen LogP contribution >= 0.6 is 0 Å². The number of carboxylic acids is 6. The van der Waals surface area contributed by atoms with Crippen molar-refractivity contribution in [1.29, 1.82) is 0 Å². The van der Waals surface area contributed by atoms with Crippen molar-refractivity contribution in [2.24, 2.45) is 0 Å². The van der Waals surface area contributed by atoms with Crippen LogP contribution in [0.25, 0.3) is 0 Å². The number of aliphatic hydroxyl groups excluding tert-OH is 6. The van der Waals surface area contributed by atoms with Gasteiger partial charge in [0.2, 0.25) is 0 Å². The van der Waals surface area contributed by atoms with Crippen LogP contribution < -0.4 is 42.9 Å². The summed E-state index contributed by atoms with van der Waals surface area (Å²) in [6.45, 7) is 6.81. The number of quaternary nitrogens is 2. The van der Waals surface area contributed by atoms with Gasteiger partial charge >= 0.3 is 26.2 Å². The molecule has 6 unspecified atom stereocenters. The average Bonchev–Trinajstić information content (AvgIpc) is 2.69. The fourth-order valence-corrected chi connectivity index (χ4v) is 0. The SMILES string of the molecule is CC(O)C(=O)[O-].CC(O)C(=O)[O-].CC(O)C(=O)[O-].CC(O)C(=O)[O-].CC(O)C(=O)[O-].CC(O)C(=O)[O-].[NH4+].[NH4+].[Zr+4]. The molecule has 0 fully saturated rings. The molecular formula is C18H38N2O18Zr. The first-order chi connectivity index (χ1) is 15.9. The van der Waals surface area contributed by atoms with Crippen molar-refractivity contribution in [2.75, 3.05) is 0 Å². The van der Waals surface area contributed by atoms with Gasteiger partial charge in [-0.3, -0.25) is 0 Å². The summed E-state index contributed by atoms with van der Waals surface area (Å²) >= 11 is 0. The van der Waals surface area contributed by atoms with Gasteiger partial charge < -0.3 is 102 Å². The Hall–Kier alpha value is -2.62. The first-order valence-electron chi connectivity index (χ1n) is 9.19. The van der Waals surface area contributed by atoms with Crippen molar-refractivity contribution in [1.82, 2.24) is 12.3 Å². The molecule has 20 nitrogen and oxygen atoms in total. The van der Waals surface area contributed by atoms with Crippen molar-refractivity contribution in [3.8, 4) is 0 Å². The number of hydrogen-bond donors (Lipinski definition) is 8. The molecule has 0 heterocycles. The minimum atomic E-state index is -1.44. The van der Waals surface area contributed by atoms with Crippen LogP contribution in [0.3, 0.4) is 0 Å². The third kappa shape index (κ3) is 86.2. The second-order valence-corrected chi connectivity index (χ2v) is 5.97. The first-order valence-corrected chi connectivity index (χ1v) is 9.19. The van der Waals surface area contributed by atoms with E-state index in [0.29, 0.717) is 0 Å². The van der Waals surface area contributed by atoms with E-state index in [-0.39, 0.29) is 38.5 Å². The molecule has 0 saturated carbocycles. The summed E-state index contributed by atoms with van der Waals surface area (Å²) in [6, 6.07) is 0. The van der Waals surface area contributed by atoms with E-state index in [1.807, 2.05) is 0 Å². The maximum Gasteiger partial charge on any atom is 4.00 e. The summed E-state index contributed by atoms with van der Waals surface area (Å²) in [5.74, 6) is -8.61. The van der Waals surface area contributed by atoms with Crippen LogP contribution in [0.5, 0.6) is 0 Å². The van der Waals surface area contributed by atoms with Crippen LogP contribution in [-0.2, 0) is 55.0 Å². The summed E-state index contributed by atoms with van der Waals surface area (Å²) in [5.41, 5.74) is 0. The van der Waals surface area contributed by atoms with Gasteiger partial charge in [0, 0.05) is 0 Å². The summed E-state index contributed by atoms with van der Waals surface area (Å²) in [6.07, 6.45) is -8.06. The Morgan fingerprint density at radius 3 is 0.385 bits per heavy atom. The smallest absolute Gasteiger partial charge is 0.547 e. The Balaban J connectivity index is -0.0000000390. The normalized spacial score (nSPS) is 12.6. The number of carboxylic acid groups (broad SMARTS) is 6. The monoisotopic (exact) mass is 660 g/mol. The maximum absolute atomic E-state index is 9.34. The van der Waals surface area contributed by atoms with Crippen molar-refractivity contribution in [3.63, 3.8) is 0 Å². The Bertz CT molecular complexity index is 500. The van der Waals surface area contributed by atoms with E-state index >= 15 is 0 Å². The molecule has 0 spiro atoms. The van der Waals surface area contributed by atoms with E-state index < -0.39 is 72.4 Å². The standard InChI is InChI=1S/6C3H6O3.2H3N.Zr/c6*1-2(4)3(5)6;;;/h6*2,4H,1H3,(H,5,6);2*1H3;/q;;;;;;;;+4/p-4. The molecule has 0 aromatic carbocycles. The van der Waals surface area contributed by atoms with Crippen LogP contribution in [-0.4, -0.2) is 103 Å². The number of carbonyl (C=O) groups is 6. The molecule has 14 N–H and O–H groups in total. The summed E-state index contributed by atoms with van der Waals surface area (Å²) < 4.78 is 0. The van der Waals surface area contributed by atoms with Gasteiger partial charge in [-0.05, 0) is 41.5 Å². The second kappa shape index (κ2) is 37.5. The molecule has 6 atom stereocenters. The topological polar surface area (TPSA) is 435 Å². The van der Waals surface area contributed by atoms with Gasteiger partial charge in [-0.1, -0.05) is 0 Å². The second-order valence-electron chi connectivity index (χ2n) is 5.97. The predicted molar refractivity (Wildman–Crippen MR) is 112 cm³/mol. The third-order valence-corrected chi connectivity index (χ3v) is 2.05. The molecule has 0 aliphatic rings. The molecule has 0 saturated heterocycles. The van der Waals surface area contributed by atoms with Crippen LogP contribution in [0.2, 0.25) is 0 Å². The zero-order valence-electron chi connectivity index (χ0n) is 22.5. The molecule has 21 heteroatoms. The fourth-order valence-electron chi connectivity index (χ4n) is 0. The first kappa shape index (κ1) is 60.7. The van der Waals surface area contributed by atoms with Crippen LogP contribution in [0.15, 0.2) is 0 Å². The summed E-state index contributed by atoms with van der Waals surface area (Å²) in [4.78, 5) is 56.0. The number of aliphatic carboxylic acids is 6. The van der Waals surface area contributed by atoms with Gasteiger partial charge in [0.1, 0.15) is 0 Å². The minimum absolute atomic E-state index is 0. The number of carbonyl (C=O) groups excluding carboxylic acids is 6. The molecule has 0 rings (SSSR count). The van der Waals surface area contributed by atoms with Crippen LogP contribution in [0.1, 0.15) is 41.5 Å². The summed E-state index contributed by atoms with van der Waals surface area (Å²) in [7, 11) is 0. The van der Waals surface area contributed by atoms with Crippen LogP contribution in [0.4, 0.5) is 0 Å². The fraction of sp³-hybridized carbons (Fsp3) is 0.667. The Morgan fingerprint density at radius 2 is 0.385 bits per heavy atom. The number of hydrogen-bond acceptors (Lipinski definition) is 18. The van der Waals surface area contributed by atoms with Gasteiger partial charge in [0.25, 0.3) is 0 Å². The van der Waals surface area contributed by atoms with Gasteiger partial charge in [-0.2, -0.15) is 0 Å². The van der Waals surface area contributed by atoms with Crippen molar-refractivity contribution in [2.45, 2.75) is 78.2 Å². The van der Waals surface area contributed by atoms with Gasteiger partial charge in [-0.25, -0.2) is 0 Å². The molecule has 0 aromatic heterocycles. The van der Waals surface area contributed by atoms with Gasteiger partial charge in [-0.15, -0.1) is 0 Å². The van der Waals surface area contributed by atoms with Crippen LogP contribution in [0, 0.1) is 0 Å².